The minimum absolute atomic E-state index is 0.275. The lowest BCUT2D eigenvalue weighted by atomic mass is 10.2. The highest BCUT2D eigenvalue weighted by atomic mass is 35.5. The van der Waals surface area contributed by atoms with Crippen LogP contribution in [0, 0.1) is 5.82 Å². The van der Waals surface area contributed by atoms with E-state index in [1.807, 2.05) is 0 Å². The number of benzene rings is 2. The summed E-state index contributed by atoms with van der Waals surface area (Å²) in [7, 11) is 0. The fourth-order valence-electron chi connectivity index (χ4n) is 1.93. The molecule has 0 saturated heterocycles. The number of anilines is 1. The fourth-order valence-corrected chi connectivity index (χ4v) is 2.30. The van der Waals surface area contributed by atoms with Crippen molar-refractivity contribution in [1.82, 2.24) is 20.2 Å². The average molecular weight is 324 g/mol. The number of nitrogens with two attached hydrogens (primary N) is 1. The zero-order valence-corrected chi connectivity index (χ0v) is 12.0. The summed E-state index contributed by atoms with van der Waals surface area (Å²) in [5.41, 5.74) is 6.85. The van der Waals surface area contributed by atoms with Crippen molar-refractivity contribution in [3.05, 3.63) is 52.3 Å². The van der Waals surface area contributed by atoms with E-state index in [0.29, 0.717) is 27.1 Å². The van der Waals surface area contributed by atoms with Gasteiger partial charge in [0.1, 0.15) is 5.82 Å². The van der Waals surface area contributed by atoms with Crippen molar-refractivity contribution in [3.63, 3.8) is 0 Å². The number of hydrogen-bond acceptors (Lipinski definition) is 4. The second kappa shape index (κ2) is 5.31. The molecule has 0 radical (unpaired) electrons. The summed E-state index contributed by atoms with van der Waals surface area (Å²) < 4.78 is 14.9. The molecular weight excluding hydrogens is 316 g/mol. The Kier molecular flexibility index (Phi) is 3.48. The standard InChI is InChI=1S/C13H8Cl2FN5/c14-10-2-1-3-11(12(10)15)21-13(18-19-20-21)7-4-8(16)6-9(17)5-7/h1-6H,17H2. The lowest BCUT2D eigenvalue weighted by molar-refractivity contribution is 0.628. The lowest BCUT2D eigenvalue weighted by Crippen LogP contribution is -2.01. The number of aromatic nitrogens is 4. The minimum Gasteiger partial charge on any atom is -0.399 e. The Morgan fingerprint density at radius 3 is 2.71 bits per heavy atom. The molecule has 0 atom stereocenters. The van der Waals surface area contributed by atoms with Gasteiger partial charge >= 0.3 is 0 Å². The molecule has 0 saturated carbocycles. The maximum Gasteiger partial charge on any atom is 0.187 e. The predicted octanol–water partition coefficient (Wildman–Crippen LogP) is 3.36. The minimum atomic E-state index is -0.475. The van der Waals surface area contributed by atoms with Crippen molar-refractivity contribution in [2.45, 2.75) is 0 Å². The molecule has 106 valence electrons. The number of hydrogen-bond donors (Lipinski definition) is 1. The van der Waals surface area contributed by atoms with Crippen LogP contribution >= 0.6 is 23.2 Å². The molecule has 2 N–H and O–H groups in total. The zero-order valence-electron chi connectivity index (χ0n) is 10.5. The zero-order chi connectivity index (χ0) is 15.0. The first kappa shape index (κ1) is 13.8. The van der Waals surface area contributed by atoms with Crippen molar-refractivity contribution in [3.8, 4) is 17.1 Å². The van der Waals surface area contributed by atoms with Gasteiger partial charge in [-0.2, -0.15) is 4.68 Å². The van der Waals surface area contributed by atoms with Gasteiger partial charge in [0.15, 0.2) is 5.82 Å². The van der Waals surface area contributed by atoms with Gasteiger partial charge in [-0.1, -0.05) is 29.3 Å². The first-order valence-corrected chi connectivity index (χ1v) is 6.61. The van der Waals surface area contributed by atoms with Crippen molar-refractivity contribution >= 4 is 28.9 Å². The molecule has 0 amide bonds. The quantitative estimate of drug-likeness (QED) is 0.734. The van der Waals surface area contributed by atoms with Crippen molar-refractivity contribution < 1.29 is 4.39 Å². The Morgan fingerprint density at radius 2 is 1.95 bits per heavy atom. The molecule has 5 nitrogen and oxygen atoms in total. The highest BCUT2D eigenvalue weighted by Crippen LogP contribution is 2.30. The molecule has 1 heterocycles. The molecule has 0 aliphatic heterocycles. The van der Waals surface area contributed by atoms with E-state index in [1.165, 1.54) is 16.8 Å². The molecule has 0 spiro atoms. The second-order valence-electron chi connectivity index (χ2n) is 4.26. The van der Waals surface area contributed by atoms with Crippen LogP contribution in [-0.2, 0) is 0 Å². The second-order valence-corrected chi connectivity index (χ2v) is 5.05. The van der Waals surface area contributed by atoms with Gasteiger partial charge < -0.3 is 5.73 Å². The summed E-state index contributed by atoms with van der Waals surface area (Å²) in [4.78, 5) is 0. The van der Waals surface area contributed by atoms with Gasteiger partial charge in [-0.05, 0) is 40.8 Å². The Hall–Kier alpha value is -2.18. The normalized spacial score (nSPS) is 10.8. The van der Waals surface area contributed by atoms with Crippen LogP contribution in [0.25, 0.3) is 17.1 Å². The Balaban J connectivity index is 2.19. The highest BCUT2D eigenvalue weighted by molar-refractivity contribution is 6.43. The number of nitrogens with zero attached hydrogens (tertiary/aromatic N) is 4. The average Bonchev–Trinajstić information content (AvgIpc) is 2.90. The molecule has 3 rings (SSSR count). The Bertz CT molecular complexity index is 798. The molecule has 21 heavy (non-hydrogen) atoms. The van der Waals surface area contributed by atoms with Crippen LogP contribution in [0.2, 0.25) is 10.0 Å². The van der Waals surface area contributed by atoms with Crippen LogP contribution < -0.4 is 5.73 Å². The van der Waals surface area contributed by atoms with E-state index in [1.54, 1.807) is 24.3 Å². The highest BCUT2D eigenvalue weighted by Gasteiger charge is 2.15. The summed E-state index contributed by atoms with van der Waals surface area (Å²) in [5, 5.41) is 12.0. The van der Waals surface area contributed by atoms with E-state index in [4.69, 9.17) is 28.9 Å². The maximum absolute atomic E-state index is 13.5. The van der Waals surface area contributed by atoms with E-state index in [9.17, 15) is 4.39 Å². The molecule has 1 aromatic heterocycles. The molecule has 0 unspecified atom stereocenters. The fraction of sp³-hybridized carbons (Fsp3) is 0. The molecule has 2 aromatic carbocycles. The van der Waals surface area contributed by atoms with E-state index in [-0.39, 0.29) is 5.69 Å². The summed E-state index contributed by atoms with van der Waals surface area (Å²) in [5.74, 6) is -0.165. The Labute approximate surface area is 129 Å². The van der Waals surface area contributed by atoms with Crippen molar-refractivity contribution in [1.29, 1.82) is 0 Å². The molecule has 0 aliphatic carbocycles. The summed E-state index contributed by atoms with van der Waals surface area (Å²) in [6, 6.07) is 9.15. The van der Waals surface area contributed by atoms with E-state index in [2.05, 4.69) is 15.5 Å². The molecule has 0 bridgehead atoms. The lowest BCUT2D eigenvalue weighted by Gasteiger charge is -2.08. The molecule has 8 heteroatoms. The van der Waals surface area contributed by atoms with Crippen LogP contribution in [0.15, 0.2) is 36.4 Å². The topological polar surface area (TPSA) is 69.6 Å². The number of halogens is 3. The third-order valence-electron chi connectivity index (χ3n) is 2.81. The van der Waals surface area contributed by atoms with Gasteiger partial charge in [-0.3, -0.25) is 0 Å². The molecule has 0 fully saturated rings. The maximum atomic E-state index is 13.5. The van der Waals surface area contributed by atoms with Crippen LogP contribution in [0.5, 0.6) is 0 Å². The SMILES string of the molecule is Nc1cc(F)cc(-c2nnnn2-c2cccc(Cl)c2Cl)c1. The van der Waals surface area contributed by atoms with Gasteiger partial charge in [-0.15, -0.1) is 5.10 Å². The Morgan fingerprint density at radius 1 is 1.14 bits per heavy atom. The summed E-state index contributed by atoms with van der Waals surface area (Å²) >= 11 is 12.1. The van der Waals surface area contributed by atoms with Gasteiger partial charge in [0, 0.05) is 11.3 Å². The van der Waals surface area contributed by atoms with Crippen LogP contribution in [0.1, 0.15) is 0 Å². The van der Waals surface area contributed by atoms with Crippen LogP contribution in [0.3, 0.4) is 0 Å². The van der Waals surface area contributed by atoms with E-state index >= 15 is 0 Å². The van der Waals surface area contributed by atoms with Gasteiger partial charge in [0.25, 0.3) is 0 Å². The van der Waals surface area contributed by atoms with Crippen molar-refractivity contribution in [2.24, 2.45) is 0 Å². The summed E-state index contributed by atoms with van der Waals surface area (Å²) in [6.07, 6.45) is 0. The number of tetrazole rings is 1. The van der Waals surface area contributed by atoms with Crippen LogP contribution in [0.4, 0.5) is 10.1 Å². The first-order chi connectivity index (χ1) is 10.1. The number of nitrogen functional groups attached to an aromatic ring is 1. The molecule has 3 aromatic rings. The monoisotopic (exact) mass is 323 g/mol. The summed E-state index contributed by atoms with van der Waals surface area (Å²) in [6.45, 7) is 0. The predicted molar refractivity (Wildman–Crippen MR) is 79.0 cm³/mol. The number of rotatable bonds is 2. The van der Waals surface area contributed by atoms with E-state index < -0.39 is 5.82 Å². The first-order valence-electron chi connectivity index (χ1n) is 5.85. The van der Waals surface area contributed by atoms with Gasteiger partial charge in [-0.25, -0.2) is 4.39 Å². The smallest absolute Gasteiger partial charge is 0.187 e. The van der Waals surface area contributed by atoms with Crippen molar-refractivity contribution in [2.75, 3.05) is 5.73 Å². The molecular formula is C13H8Cl2FN5. The van der Waals surface area contributed by atoms with Gasteiger partial charge in [0.05, 0.1) is 15.7 Å². The van der Waals surface area contributed by atoms with Gasteiger partial charge in [0.2, 0.25) is 0 Å². The van der Waals surface area contributed by atoms with E-state index in [0.717, 1.165) is 0 Å². The largest absolute Gasteiger partial charge is 0.399 e. The van der Waals surface area contributed by atoms with Crippen LogP contribution in [-0.4, -0.2) is 20.2 Å². The molecule has 0 aliphatic rings. The third kappa shape index (κ3) is 2.55. The third-order valence-corrected chi connectivity index (χ3v) is 3.62.